The van der Waals surface area contributed by atoms with E-state index < -0.39 is 12.0 Å². The van der Waals surface area contributed by atoms with Gasteiger partial charge in [0.15, 0.2) is 17.3 Å². The maximum atomic E-state index is 12.9. The molecule has 0 fully saturated rings. The highest BCUT2D eigenvalue weighted by Gasteiger charge is 2.35. The minimum Gasteiger partial charge on any atom is -0.497 e. The first kappa shape index (κ1) is 22.2. The summed E-state index contributed by atoms with van der Waals surface area (Å²) in [5, 5.41) is 7.95. The number of benzene rings is 2. The molecule has 0 saturated heterocycles. The summed E-state index contributed by atoms with van der Waals surface area (Å²) < 4.78 is 23.1. The quantitative estimate of drug-likeness (QED) is 0.543. The van der Waals surface area contributed by atoms with Gasteiger partial charge in [0.25, 0.3) is 0 Å². The van der Waals surface area contributed by atoms with Crippen molar-refractivity contribution in [3.05, 3.63) is 59.3 Å². The van der Waals surface area contributed by atoms with Crippen molar-refractivity contribution < 1.29 is 23.7 Å². The molecule has 1 aromatic heterocycles. The van der Waals surface area contributed by atoms with Crippen LogP contribution in [0.25, 0.3) is 11.4 Å². The number of rotatable bonds is 7. The molecule has 1 N–H and O–H groups in total. The van der Waals surface area contributed by atoms with Crippen LogP contribution in [0.15, 0.2) is 53.7 Å². The molecule has 0 spiro atoms. The van der Waals surface area contributed by atoms with Crippen molar-refractivity contribution >= 4 is 11.9 Å². The number of anilines is 1. The lowest BCUT2D eigenvalue weighted by Gasteiger charge is -2.28. The fraction of sp³-hybridized carbons (Fsp3) is 0.292. The van der Waals surface area contributed by atoms with Crippen LogP contribution >= 0.6 is 0 Å². The molecule has 1 aliphatic heterocycles. The summed E-state index contributed by atoms with van der Waals surface area (Å²) in [6.07, 6.45) is 0. The van der Waals surface area contributed by atoms with E-state index in [1.807, 2.05) is 43.3 Å². The summed E-state index contributed by atoms with van der Waals surface area (Å²) in [6, 6.07) is 12.5. The number of fused-ring (bicyclic) bond motifs is 1. The topological polar surface area (TPSA) is 96.7 Å². The predicted octanol–water partition coefficient (Wildman–Crippen LogP) is 3.82. The van der Waals surface area contributed by atoms with Crippen LogP contribution < -0.4 is 19.5 Å². The van der Waals surface area contributed by atoms with E-state index >= 15 is 0 Å². The van der Waals surface area contributed by atoms with Crippen LogP contribution in [0.3, 0.4) is 0 Å². The number of methoxy groups -OCH3 is 3. The second-order valence-corrected chi connectivity index (χ2v) is 7.33. The zero-order valence-corrected chi connectivity index (χ0v) is 19.2. The first-order chi connectivity index (χ1) is 16.0. The Morgan fingerprint density at radius 2 is 1.76 bits per heavy atom. The van der Waals surface area contributed by atoms with E-state index in [1.54, 1.807) is 39.0 Å². The van der Waals surface area contributed by atoms with Gasteiger partial charge in [-0.2, -0.15) is 4.98 Å². The number of esters is 1. The van der Waals surface area contributed by atoms with Gasteiger partial charge in [-0.15, -0.1) is 5.10 Å². The molecule has 3 aromatic rings. The molecule has 2 heterocycles. The normalized spacial score (nSPS) is 14.9. The number of nitrogens with one attached hydrogen (secondary N) is 1. The highest BCUT2D eigenvalue weighted by molar-refractivity contribution is 5.92. The molecule has 1 aliphatic rings. The van der Waals surface area contributed by atoms with Crippen LogP contribution in [0, 0.1) is 0 Å². The van der Waals surface area contributed by atoms with E-state index in [4.69, 9.17) is 24.0 Å². The van der Waals surface area contributed by atoms with Gasteiger partial charge in [0.1, 0.15) is 11.8 Å². The fourth-order valence-corrected chi connectivity index (χ4v) is 3.82. The third-order valence-electron chi connectivity index (χ3n) is 5.42. The van der Waals surface area contributed by atoms with Gasteiger partial charge in [-0.25, -0.2) is 9.48 Å². The number of aromatic nitrogens is 3. The number of carbonyl (C=O) groups excluding carboxylic acids is 1. The summed E-state index contributed by atoms with van der Waals surface area (Å²) in [5.41, 5.74) is 2.73. The van der Waals surface area contributed by atoms with Crippen LogP contribution in [-0.2, 0) is 9.53 Å². The van der Waals surface area contributed by atoms with Crippen LogP contribution in [0.5, 0.6) is 17.2 Å². The van der Waals surface area contributed by atoms with Crippen LogP contribution in [0.2, 0.25) is 0 Å². The molecule has 172 valence electrons. The number of hydrogen-bond donors (Lipinski definition) is 1. The number of carbonyl (C=O) groups is 1. The summed E-state index contributed by atoms with van der Waals surface area (Å²) in [4.78, 5) is 17.6. The Hall–Kier alpha value is -4.01. The minimum atomic E-state index is -0.521. The number of ether oxygens (including phenoxy) is 4. The highest BCUT2D eigenvalue weighted by atomic mass is 16.5. The smallest absolute Gasteiger partial charge is 0.338 e. The Morgan fingerprint density at radius 1 is 1.03 bits per heavy atom. The Bertz CT molecular complexity index is 1200. The lowest BCUT2D eigenvalue weighted by Crippen LogP contribution is -2.29. The van der Waals surface area contributed by atoms with E-state index in [1.165, 1.54) is 0 Å². The molecule has 0 aliphatic carbocycles. The Balaban J connectivity index is 1.83. The first-order valence-corrected chi connectivity index (χ1v) is 10.5. The summed E-state index contributed by atoms with van der Waals surface area (Å²) in [6.45, 7) is 3.88. The van der Waals surface area contributed by atoms with E-state index in [0.717, 1.165) is 16.9 Å². The SMILES string of the molecule is CCOC(=O)C1=C(C)Nc2nc(-c3ccc(OC)c(OC)c3)nn2C1c1ccc(OC)cc1. The maximum Gasteiger partial charge on any atom is 0.338 e. The Morgan fingerprint density at radius 3 is 2.39 bits per heavy atom. The van der Waals surface area contributed by atoms with Gasteiger partial charge in [-0.1, -0.05) is 12.1 Å². The van der Waals surface area contributed by atoms with Gasteiger partial charge >= 0.3 is 5.97 Å². The van der Waals surface area contributed by atoms with Crippen molar-refractivity contribution in [1.82, 2.24) is 14.8 Å². The van der Waals surface area contributed by atoms with Gasteiger partial charge in [0.05, 0.1) is 33.5 Å². The van der Waals surface area contributed by atoms with Crippen LogP contribution in [-0.4, -0.2) is 48.7 Å². The van der Waals surface area contributed by atoms with Crippen molar-refractivity contribution in [3.8, 4) is 28.6 Å². The summed E-state index contributed by atoms with van der Waals surface area (Å²) in [5.74, 6) is 2.50. The number of nitrogens with zero attached hydrogens (tertiary/aromatic N) is 3. The van der Waals surface area contributed by atoms with Gasteiger partial charge in [-0.3, -0.25) is 0 Å². The van der Waals surface area contributed by atoms with E-state index in [-0.39, 0.29) is 6.61 Å². The zero-order valence-electron chi connectivity index (χ0n) is 19.2. The summed E-state index contributed by atoms with van der Waals surface area (Å²) in [7, 11) is 4.77. The molecule has 2 aromatic carbocycles. The molecule has 33 heavy (non-hydrogen) atoms. The molecule has 0 amide bonds. The molecule has 1 atom stereocenters. The largest absolute Gasteiger partial charge is 0.497 e. The highest BCUT2D eigenvalue weighted by Crippen LogP contribution is 2.38. The second kappa shape index (κ2) is 9.23. The third-order valence-corrected chi connectivity index (χ3v) is 5.42. The van der Waals surface area contributed by atoms with Crippen LogP contribution in [0.1, 0.15) is 25.5 Å². The van der Waals surface area contributed by atoms with Gasteiger partial charge < -0.3 is 24.3 Å². The molecule has 0 saturated carbocycles. The molecule has 4 rings (SSSR count). The van der Waals surface area contributed by atoms with Crippen molar-refractivity contribution in [2.75, 3.05) is 33.3 Å². The number of hydrogen-bond acceptors (Lipinski definition) is 8. The maximum absolute atomic E-state index is 12.9. The average molecular weight is 450 g/mol. The summed E-state index contributed by atoms with van der Waals surface area (Å²) >= 11 is 0. The predicted molar refractivity (Wildman–Crippen MR) is 123 cm³/mol. The van der Waals surface area contributed by atoms with E-state index in [9.17, 15) is 4.79 Å². The molecule has 9 heteroatoms. The second-order valence-electron chi connectivity index (χ2n) is 7.33. The molecular weight excluding hydrogens is 424 g/mol. The van der Waals surface area contributed by atoms with Crippen molar-refractivity contribution in [1.29, 1.82) is 0 Å². The van der Waals surface area contributed by atoms with Gasteiger partial charge in [0.2, 0.25) is 5.95 Å². The monoisotopic (exact) mass is 450 g/mol. The Labute approximate surface area is 191 Å². The van der Waals surface area contributed by atoms with E-state index in [2.05, 4.69) is 10.3 Å². The molecule has 0 radical (unpaired) electrons. The standard InChI is InChI=1S/C24H26N4O5/c1-6-33-23(29)20-14(2)25-24-26-22(16-9-12-18(31-4)19(13-16)32-5)27-28(24)21(20)15-7-10-17(30-3)11-8-15/h7-13,21H,6H2,1-5H3,(H,25,26,27). The molecule has 1 unspecified atom stereocenters. The Kier molecular flexibility index (Phi) is 6.21. The minimum absolute atomic E-state index is 0.270. The van der Waals surface area contributed by atoms with Crippen molar-refractivity contribution in [2.24, 2.45) is 0 Å². The third kappa shape index (κ3) is 4.09. The fourth-order valence-electron chi connectivity index (χ4n) is 3.82. The lowest BCUT2D eigenvalue weighted by molar-refractivity contribution is -0.139. The van der Waals surface area contributed by atoms with Gasteiger partial charge in [0, 0.05) is 11.3 Å². The van der Waals surface area contributed by atoms with Gasteiger partial charge in [-0.05, 0) is 49.7 Å². The zero-order chi connectivity index (χ0) is 23.5. The number of allylic oxidation sites excluding steroid dienone is 1. The molecule has 0 bridgehead atoms. The first-order valence-electron chi connectivity index (χ1n) is 10.5. The van der Waals surface area contributed by atoms with E-state index in [0.29, 0.717) is 34.5 Å². The van der Waals surface area contributed by atoms with Crippen LogP contribution in [0.4, 0.5) is 5.95 Å². The molecular formula is C24H26N4O5. The average Bonchev–Trinajstić information content (AvgIpc) is 3.26. The lowest BCUT2D eigenvalue weighted by atomic mass is 9.96. The molecule has 9 nitrogen and oxygen atoms in total. The van der Waals surface area contributed by atoms with Crippen molar-refractivity contribution in [3.63, 3.8) is 0 Å². The van der Waals surface area contributed by atoms with Crippen molar-refractivity contribution in [2.45, 2.75) is 19.9 Å².